The Morgan fingerprint density at radius 2 is 2.09 bits per heavy atom. The zero-order chi connectivity index (χ0) is 23.3. The van der Waals surface area contributed by atoms with E-state index in [-0.39, 0.29) is 24.3 Å². The maximum absolute atomic E-state index is 13.0. The van der Waals surface area contributed by atoms with Gasteiger partial charge in [-0.05, 0) is 43.9 Å². The van der Waals surface area contributed by atoms with Crippen LogP contribution in [-0.2, 0) is 16.0 Å². The Morgan fingerprint density at radius 3 is 2.75 bits per heavy atom. The second-order valence-electron chi connectivity index (χ2n) is 9.04. The van der Waals surface area contributed by atoms with Crippen LogP contribution in [0.15, 0.2) is 54.7 Å². The molecule has 0 aliphatic carbocycles. The molecule has 1 aromatic carbocycles. The molecular weight excluding hydrogens is 408 g/mol. The van der Waals surface area contributed by atoms with Crippen LogP contribution in [0.2, 0.25) is 0 Å². The number of hydrogen-bond acceptors (Lipinski definition) is 6. The molecule has 0 unspecified atom stereocenters. The lowest BCUT2D eigenvalue weighted by atomic mass is 9.99. The van der Waals surface area contributed by atoms with Crippen LogP contribution in [0.25, 0.3) is 0 Å². The highest BCUT2D eigenvalue weighted by atomic mass is 16.5. The normalized spacial score (nSPS) is 15.0. The third-order valence-electron chi connectivity index (χ3n) is 4.87. The number of benzene rings is 1. The van der Waals surface area contributed by atoms with Crippen LogP contribution >= 0.6 is 0 Å². The van der Waals surface area contributed by atoms with Gasteiger partial charge in [-0.15, -0.1) is 0 Å². The zero-order valence-corrected chi connectivity index (χ0v) is 18.9. The molecular formula is C24H30N4O4. The molecule has 2 N–H and O–H groups in total. The average molecular weight is 439 g/mol. The fraction of sp³-hybridized carbons (Fsp3) is 0.417. The highest BCUT2D eigenvalue weighted by molar-refractivity contribution is 5.99. The van der Waals surface area contributed by atoms with Crippen LogP contribution < -0.4 is 10.1 Å². The predicted octanol–water partition coefficient (Wildman–Crippen LogP) is 2.95. The second kappa shape index (κ2) is 9.91. The summed E-state index contributed by atoms with van der Waals surface area (Å²) in [6.07, 6.45) is 6.88. The van der Waals surface area contributed by atoms with Gasteiger partial charge in [0.15, 0.2) is 5.82 Å². The van der Waals surface area contributed by atoms with E-state index >= 15 is 0 Å². The molecule has 0 saturated carbocycles. The number of rotatable bonds is 9. The Balaban J connectivity index is 1.70. The quantitative estimate of drug-likeness (QED) is 0.624. The fourth-order valence-corrected chi connectivity index (χ4v) is 3.60. The molecule has 2 heterocycles. The summed E-state index contributed by atoms with van der Waals surface area (Å²) in [6, 6.07) is 6.75. The van der Waals surface area contributed by atoms with Crippen LogP contribution in [-0.4, -0.2) is 50.0 Å². The van der Waals surface area contributed by atoms with Crippen LogP contribution in [0.4, 0.5) is 5.82 Å². The van der Waals surface area contributed by atoms with E-state index in [1.165, 1.54) is 29.6 Å². The number of ether oxygens (including phenoxy) is 1. The minimum Gasteiger partial charge on any atom is -0.460 e. The van der Waals surface area contributed by atoms with Gasteiger partial charge in [-0.2, -0.15) is 0 Å². The van der Waals surface area contributed by atoms with E-state index in [1.807, 2.05) is 32.0 Å². The summed E-state index contributed by atoms with van der Waals surface area (Å²) in [5.74, 6) is 1.00. The number of nitrogens with one attached hydrogen (secondary N) is 1. The van der Waals surface area contributed by atoms with Gasteiger partial charge in [0, 0.05) is 24.9 Å². The molecule has 8 heteroatoms. The fourth-order valence-electron chi connectivity index (χ4n) is 3.60. The number of amides is 2. The molecule has 170 valence electrons. The van der Waals surface area contributed by atoms with Gasteiger partial charge in [-0.3, -0.25) is 14.6 Å². The van der Waals surface area contributed by atoms with Crippen molar-refractivity contribution in [2.75, 3.05) is 11.9 Å². The number of carbonyl (C=O) groups is 2. The molecule has 1 aromatic heterocycles. The maximum Gasteiger partial charge on any atom is 0.251 e. The standard InChI is InChI=1S/C24H30N4O4/c1-16(2)10-20(23(30)27-21-14-25-8-9-26-21)28-15-19(12-22(28)29)32-18-7-5-6-17(11-18)13-24(3,4)31/h5-9,11-12,14,16,20,31H,10,13,15H2,1-4H3,(H,26,27,30)/t20-/m0/s1. The van der Waals surface area contributed by atoms with Crippen LogP contribution in [0.3, 0.4) is 0 Å². The molecule has 1 atom stereocenters. The Morgan fingerprint density at radius 1 is 1.31 bits per heavy atom. The largest absolute Gasteiger partial charge is 0.460 e. The van der Waals surface area contributed by atoms with E-state index in [0.29, 0.717) is 30.2 Å². The smallest absolute Gasteiger partial charge is 0.251 e. The molecule has 0 fully saturated rings. The average Bonchev–Trinajstić information content (AvgIpc) is 3.05. The van der Waals surface area contributed by atoms with Gasteiger partial charge >= 0.3 is 0 Å². The van der Waals surface area contributed by atoms with Gasteiger partial charge in [-0.1, -0.05) is 26.0 Å². The first-order valence-corrected chi connectivity index (χ1v) is 10.7. The van der Waals surface area contributed by atoms with Crippen LogP contribution in [0.5, 0.6) is 5.75 Å². The summed E-state index contributed by atoms with van der Waals surface area (Å²) in [5, 5.41) is 12.8. The van der Waals surface area contributed by atoms with E-state index in [4.69, 9.17) is 4.74 Å². The number of carbonyl (C=O) groups excluding carboxylic acids is 2. The number of aromatic nitrogens is 2. The van der Waals surface area contributed by atoms with Crippen LogP contribution in [0.1, 0.15) is 39.7 Å². The van der Waals surface area contributed by atoms with Gasteiger partial charge in [0.25, 0.3) is 5.91 Å². The molecule has 2 aromatic rings. The molecule has 3 rings (SSSR count). The number of nitrogens with zero attached hydrogens (tertiary/aromatic N) is 3. The Labute approximate surface area is 188 Å². The van der Waals surface area contributed by atoms with Crippen molar-refractivity contribution in [3.8, 4) is 5.75 Å². The zero-order valence-electron chi connectivity index (χ0n) is 18.9. The molecule has 32 heavy (non-hydrogen) atoms. The number of hydrogen-bond donors (Lipinski definition) is 2. The first-order chi connectivity index (χ1) is 15.1. The third kappa shape index (κ3) is 6.62. The lowest BCUT2D eigenvalue weighted by molar-refractivity contribution is -0.133. The molecule has 0 bridgehead atoms. The predicted molar refractivity (Wildman–Crippen MR) is 121 cm³/mol. The van der Waals surface area contributed by atoms with Crippen LogP contribution in [0, 0.1) is 5.92 Å². The number of anilines is 1. The molecule has 0 radical (unpaired) electrons. The maximum atomic E-state index is 13.0. The molecule has 2 amide bonds. The Bertz CT molecular complexity index is 983. The highest BCUT2D eigenvalue weighted by Crippen LogP contribution is 2.25. The summed E-state index contributed by atoms with van der Waals surface area (Å²) >= 11 is 0. The summed E-state index contributed by atoms with van der Waals surface area (Å²) in [4.78, 5) is 35.2. The first-order valence-electron chi connectivity index (χ1n) is 10.7. The summed E-state index contributed by atoms with van der Waals surface area (Å²) in [6.45, 7) is 7.69. The van der Waals surface area contributed by atoms with Gasteiger partial charge in [0.1, 0.15) is 17.6 Å². The topological polar surface area (TPSA) is 105 Å². The van der Waals surface area contributed by atoms with E-state index < -0.39 is 11.6 Å². The summed E-state index contributed by atoms with van der Waals surface area (Å²) in [7, 11) is 0. The van der Waals surface area contributed by atoms with E-state index in [1.54, 1.807) is 19.9 Å². The Kier molecular flexibility index (Phi) is 7.25. The lowest BCUT2D eigenvalue weighted by Crippen LogP contribution is -2.46. The van der Waals surface area contributed by atoms with Gasteiger partial charge in [0.2, 0.25) is 5.91 Å². The summed E-state index contributed by atoms with van der Waals surface area (Å²) in [5.41, 5.74) is 0.0938. The van der Waals surface area contributed by atoms with Crippen molar-refractivity contribution in [2.45, 2.75) is 52.2 Å². The monoisotopic (exact) mass is 438 g/mol. The highest BCUT2D eigenvalue weighted by Gasteiger charge is 2.35. The number of aliphatic hydroxyl groups is 1. The Hall–Kier alpha value is -3.26. The molecule has 8 nitrogen and oxygen atoms in total. The van der Waals surface area contributed by atoms with Crippen molar-refractivity contribution < 1.29 is 19.4 Å². The van der Waals surface area contributed by atoms with Crippen molar-refractivity contribution in [2.24, 2.45) is 5.92 Å². The molecule has 1 aliphatic heterocycles. The molecule has 0 saturated heterocycles. The van der Waals surface area contributed by atoms with Crippen molar-refractivity contribution in [3.63, 3.8) is 0 Å². The van der Waals surface area contributed by atoms with Crippen molar-refractivity contribution in [1.82, 2.24) is 14.9 Å². The van der Waals surface area contributed by atoms with Gasteiger partial charge < -0.3 is 20.1 Å². The molecule has 0 spiro atoms. The molecule has 1 aliphatic rings. The SMILES string of the molecule is CC(C)C[C@@H](C(=O)Nc1cnccn1)N1CC(Oc2cccc(CC(C)(C)O)c2)=CC1=O. The minimum atomic E-state index is -0.835. The second-order valence-corrected chi connectivity index (χ2v) is 9.04. The first kappa shape index (κ1) is 23.4. The van der Waals surface area contributed by atoms with Gasteiger partial charge in [-0.25, -0.2) is 4.98 Å². The van der Waals surface area contributed by atoms with E-state index in [2.05, 4.69) is 15.3 Å². The summed E-state index contributed by atoms with van der Waals surface area (Å²) < 4.78 is 5.95. The van der Waals surface area contributed by atoms with Crippen molar-refractivity contribution >= 4 is 17.6 Å². The van der Waals surface area contributed by atoms with Gasteiger partial charge in [0.05, 0.1) is 18.3 Å². The lowest BCUT2D eigenvalue weighted by Gasteiger charge is -2.28. The van der Waals surface area contributed by atoms with E-state index in [0.717, 1.165) is 5.56 Å². The van der Waals surface area contributed by atoms with Crippen molar-refractivity contribution in [3.05, 3.63) is 60.3 Å². The third-order valence-corrected chi connectivity index (χ3v) is 4.87. The van der Waals surface area contributed by atoms with E-state index in [9.17, 15) is 14.7 Å². The minimum absolute atomic E-state index is 0.194. The van der Waals surface area contributed by atoms with Crippen molar-refractivity contribution in [1.29, 1.82) is 0 Å².